The lowest BCUT2D eigenvalue weighted by atomic mass is 9.72. The Hall–Kier alpha value is -0.860. The molecule has 1 aliphatic carbocycles. The summed E-state index contributed by atoms with van der Waals surface area (Å²) in [5, 5.41) is 3.42. The molecular weight excluding hydrogens is 220 g/mol. The highest BCUT2D eigenvalue weighted by molar-refractivity contribution is 5.15. The summed E-state index contributed by atoms with van der Waals surface area (Å²) < 4.78 is 0. The van der Waals surface area contributed by atoms with Gasteiger partial charge >= 0.3 is 0 Å². The molecule has 2 heteroatoms. The van der Waals surface area contributed by atoms with Gasteiger partial charge in [0.15, 0.2) is 0 Å². The van der Waals surface area contributed by atoms with Crippen LogP contribution in [0.5, 0.6) is 0 Å². The number of hydrogen-bond donors (Lipinski definition) is 1. The van der Waals surface area contributed by atoms with Gasteiger partial charge in [0.1, 0.15) is 0 Å². The molecule has 18 heavy (non-hydrogen) atoms. The Bertz CT molecular complexity index is 351. The van der Waals surface area contributed by atoms with Crippen LogP contribution >= 0.6 is 0 Å². The van der Waals surface area contributed by atoms with Crippen molar-refractivity contribution in [3.63, 3.8) is 0 Å². The highest BCUT2D eigenvalue weighted by atomic mass is 15.2. The lowest BCUT2D eigenvalue weighted by Crippen LogP contribution is -2.47. The van der Waals surface area contributed by atoms with Crippen molar-refractivity contribution in [2.75, 3.05) is 32.7 Å². The minimum atomic E-state index is 0.945. The van der Waals surface area contributed by atoms with Crippen molar-refractivity contribution >= 4 is 0 Å². The Morgan fingerprint density at radius 2 is 1.72 bits per heavy atom. The van der Waals surface area contributed by atoms with E-state index in [4.69, 9.17) is 0 Å². The first-order chi connectivity index (χ1) is 8.90. The second-order valence-corrected chi connectivity index (χ2v) is 5.94. The van der Waals surface area contributed by atoms with Gasteiger partial charge in [-0.3, -0.25) is 0 Å². The Kier molecular flexibility index (Phi) is 3.96. The molecule has 1 aromatic rings. The van der Waals surface area contributed by atoms with Crippen molar-refractivity contribution in [1.29, 1.82) is 0 Å². The van der Waals surface area contributed by atoms with Crippen LogP contribution in [0, 0.1) is 11.8 Å². The third-order valence-electron chi connectivity index (χ3n) is 4.43. The van der Waals surface area contributed by atoms with E-state index < -0.39 is 0 Å². The van der Waals surface area contributed by atoms with Crippen LogP contribution < -0.4 is 5.32 Å². The van der Waals surface area contributed by atoms with Crippen molar-refractivity contribution < 1.29 is 0 Å². The molecule has 0 bridgehead atoms. The van der Waals surface area contributed by atoms with Gasteiger partial charge in [0.05, 0.1) is 0 Å². The van der Waals surface area contributed by atoms with Gasteiger partial charge in [-0.15, -0.1) is 0 Å². The number of rotatable bonds is 4. The van der Waals surface area contributed by atoms with Crippen LogP contribution in [-0.2, 0) is 6.42 Å². The van der Waals surface area contributed by atoms with Crippen LogP contribution in [0.15, 0.2) is 30.3 Å². The number of benzene rings is 1. The summed E-state index contributed by atoms with van der Waals surface area (Å²) in [4.78, 5) is 2.64. The quantitative estimate of drug-likeness (QED) is 0.873. The molecule has 1 heterocycles. The summed E-state index contributed by atoms with van der Waals surface area (Å²) in [5.41, 5.74) is 1.52. The zero-order valence-electron chi connectivity index (χ0n) is 11.1. The Morgan fingerprint density at radius 1 is 1.00 bits per heavy atom. The fraction of sp³-hybridized carbons (Fsp3) is 0.625. The summed E-state index contributed by atoms with van der Waals surface area (Å²) in [6.45, 7) is 6.20. The normalized spacial score (nSPS) is 28.9. The highest BCUT2D eigenvalue weighted by Crippen LogP contribution is 2.36. The topological polar surface area (TPSA) is 15.3 Å². The summed E-state index contributed by atoms with van der Waals surface area (Å²) >= 11 is 0. The Balaban J connectivity index is 1.38. The molecule has 2 fully saturated rings. The van der Waals surface area contributed by atoms with Crippen molar-refractivity contribution in [3.05, 3.63) is 35.9 Å². The van der Waals surface area contributed by atoms with Gasteiger partial charge in [-0.1, -0.05) is 30.3 Å². The molecule has 0 aromatic heterocycles. The van der Waals surface area contributed by atoms with Gasteiger partial charge in [0.2, 0.25) is 0 Å². The van der Waals surface area contributed by atoms with Crippen LogP contribution in [0.2, 0.25) is 0 Å². The monoisotopic (exact) mass is 244 g/mol. The fourth-order valence-corrected chi connectivity index (χ4v) is 3.40. The van der Waals surface area contributed by atoms with Crippen LogP contribution in [0.1, 0.15) is 18.4 Å². The predicted octanol–water partition coefficient (Wildman–Crippen LogP) is 2.16. The van der Waals surface area contributed by atoms with Crippen molar-refractivity contribution in [1.82, 2.24) is 10.2 Å². The zero-order valence-corrected chi connectivity index (χ0v) is 11.1. The van der Waals surface area contributed by atoms with Crippen molar-refractivity contribution in [2.45, 2.75) is 19.3 Å². The van der Waals surface area contributed by atoms with Crippen LogP contribution in [0.3, 0.4) is 0 Å². The second-order valence-electron chi connectivity index (χ2n) is 5.94. The summed E-state index contributed by atoms with van der Waals surface area (Å²) in [6.07, 6.45) is 4.18. The number of nitrogens with zero attached hydrogens (tertiary/aromatic N) is 1. The Labute approximate surface area is 110 Å². The van der Waals surface area contributed by atoms with Gasteiger partial charge in [-0.2, -0.15) is 0 Å². The molecule has 1 aliphatic heterocycles. The third-order valence-corrected chi connectivity index (χ3v) is 4.43. The molecule has 0 amide bonds. The molecule has 1 saturated carbocycles. The van der Waals surface area contributed by atoms with Crippen LogP contribution in [0.4, 0.5) is 0 Å². The minimum Gasteiger partial charge on any atom is -0.314 e. The summed E-state index contributed by atoms with van der Waals surface area (Å²) in [6, 6.07) is 11.0. The third kappa shape index (κ3) is 3.12. The zero-order chi connectivity index (χ0) is 12.2. The molecule has 2 nitrogen and oxygen atoms in total. The van der Waals surface area contributed by atoms with Gasteiger partial charge in [-0.25, -0.2) is 0 Å². The lowest BCUT2D eigenvalue weighted by Gasteiger charge is -2.40. The molecule has 0 unspecified atom stereocenters. The molecule has 1 saturated heterocycles. The van der Waals surface area contributed by atoms with E-state index in [2.05, 4.69) is 40.5 Å². The molecule has 2 aliphatic rings. The van der Waals surface area contributed by atoms with Crippen LogP contribution in [0.25, 0.3) is 0 Å². The molecule has 1 N–H and O–H groups in total. The summed E-state index contributed by atoms with van der Waals surface area (Å²) in [7, 11) is 0. The van der Waals surface area contributed by atoms with Gasteiger partial charge in [-0.05, 0) is 36.7 Å². The van der Waals surface area contributed by atoms with E-state index in [1.165, 1.54) is 57.5 Å². The van der Waals surface area contributed by atoms with Crippen LogP contribution in [-0.4, -0.2) is 37.6 Å². The average molecular weight is 244 g/mol. The number of hydrogen-bond acceptors (Lipinski definition) is 2. The average Bonchev–Trinajstić information content (AvgIpc) is 2.39. The maximum atomic E-state index is 3.42. The summed E-state index contributed by atoms with van der Waals surface area (Å²) in [5.74, 6) is 1.91. The predicted molar refractivity (Wildman–Crippen MR) is 75.7 cm³/mol. The lowest BCUT2D eigenvalue weighted by molar-refractivity contribution is 0.116. The SMILES string of the molecule is c1ccc(CC2CC(CN3CCNCC3)C2)cc1. The maximum Gasteiger partial charge on any atom is 0.0107 e. The largest absolute Gasteiger partial charge is 0.314 e. The molecule has 98 valence electrons. The fourth-order valence-electron chi connectivity index (χ4n) is 3.40. The van der Waals surface area contributed by atoms with E-state index in [1.54, 1.807) is 0 Å². The van der Waals surface area contributed by atoms with E-state index in [0.29, 0.717) is 0 Å². The van der Waals surface area contributed by atoms with E-state index in [9.17, 15) is 0 Å². The minimum absolute atomic E-state index is 0.945. The first-order valence-electron chi connectivity index (χ1n) is 7.37. The Morgan fingerprint density at radius 3 is 2.44 bits per heavy atom. The van der Waals surface area contributed by atoms with E-state index >= 15 is 0 Å². The second kappa shape index (κ2) is 5.85. The highest BCUT2D eigenvalue weighted by Gasteiger charge is 2.30. The molecule has 3 rings (SSSR count). The first-order valence-corrected chi connectivity index (χ1v) is 7.37. The van der Waals surface area contributed by atoms with Gasteiger partial charge in [0.25, 0.3) is 0 Å². The molecule has 0 spiro atoms. The van der Waals surface area contributed by atoms with E-state index in [0.717, 1.165) is 11.8 Å². The molecule has 0 atom stereocenters. The van der Waals surface area contributed by atoms with Crippen molar-refractivity contribution in [2.24, 2.45) is 11.8 Å². The van der Waals surface area contributed by atoms with Crippen molar-refractivity contribution in [3.8, 4) is 0 Å². The number of nitrogens with one attached hydrogen (secondary N) is 1. The van der Waals surface area contributed by atoms with E-state index in [-0.39, 0.29) is 0 Å². The maximum absolute atomic E-state index is 3.42. The van der Waals surface area contributed by atoms with Gasteiger partial charge in [0, 0.05) is 32.7 Å². The number of piperazine rings is 1. The molecule has 1 aromatic carbocycles. The van der Waals surface area contributed by atoms with Gasteiger partial charge < -0.3 is 10.2 Å². The smallest absolute Gasteiger partial charge is 0.0107 e. The molecular formula is C16H24N2. The van der Waals surface area contributed by atoms with E-state index in [1.807, 2.05) is 0 Å². The standard InChI is InChI=1S/C16H24N2/c1-2-4-14(5-3-1)10-15-11-16(12-15)13-18-8-6-17-7-9-18/h1-5,15-17H,6-13H2. The molecule has 0 radical (unpaired) electrons. The first kappa shape index (κ1) is 12.2.